The molecule has 0 spiro atoms. The van der Waals surface area contributed by atoms with Gasteiger partial charge in [0.1, 0.15) is 0 Å². The number of hydrogen-bond acceptors (Lipinski definition) is 4. The molecule has 0 aromatic heterocycles. The van der Waals surface area contributed by atoms with Gasteiger partial charge in [-0.25, -0.2) is 9.59 Å². The highest BCUT2D eigenvalue weighted by atomic mass is 16.5. The van der Waals surface area contributed by atoms with Crippen molar-refractivity contribution in [2.45, 2.75) is 194 Å². The Balaban J connectivity index is 2.20. The van der Waals surface area contributed by atoms with Crippen LogP contribution in [-0.2, 0) is 20.6 Å². The number of benzene rings is 1. The highest BCUT2D eigenvalue weighted by molar-refractivity contribution is 5.75. The van der Waals surface area contributed by atoms with Crippen LogP contribution in [0, 0.1) is 0 Å². The smallest absolute Gasteiger partial charge is 0.315 e. The molecule has 4 amide bonds. The van der Waals surface area contributed by atoms with Crippen LogP contribution in [0.1, 0.15) is 194 Å². The molecule has 0 bridgehead atoms. The third-order valence-corrected chi connectivity index (χ3v) is 9.94. The first-order chi connectivity index (χ1) is 25.1. The summed E-state index contributed by atoms with van der Waals surface area (Å²) in [6, 6.07) is 7.66. The molecule has 52 heavy (non-hydrogen) atoms. The molecular weight excluding hydrogens is 649 g/mol. The van der Waals surface area contributed by atoms with Gasteiger partial charge in [0.25, 0.3) is 0 Å². The maximum Gasteiger partial charge on any atom is 0.315 e. The first-order valence-corrected chi connectivity index (χ1v) is 21.5. The third kappa shape index (κ3) is 25.6. The van der Waals surface area contributed by atoms with Crippen molar-refractivity contribution >= 4 is 12.1 Å². The van der Waals surface area contributed by atoms with Gasteiger partial charge >= 0.3 is 12.1 Å². The minimum Gasteiger partial charge on any atom is -0.381 e. The summed E-state index contributed by atoms with van der Waals surface area (Å²) < 4.78 is 11.6. The molecule has 1 aromatic carbocycles. The Bertz CT molecular complexity index is 940. The summed E-state index contributed by atoms with van der Waals surface area (Å²) in [6.45, 7) is 16.6. The average Bonchev–Trinajstić information content (AvgIpc) is 3.11. The molecule has 0 heterocycles. The number of carbonyl (C=O) groups excluding carboxylic acids is 2. The van der Waals surface area contributed by atoms with E-state index < -0.39 is 11.1 Å². The molecule has 0 aliphatic heterocycles. The van der Waals surface area contributed by atoms with Crippen LogP contribution in [-0.4, -0.2) is 51.6 Å². The first-order valence-electron chi connectivity index (χ1n) is 21.5. The molecule has 1 rings (SSSR count). The van der Waals surface area contributed by atoms with Gasteiger partial charge < -0.3 is 30.7 Å². The fraction of sp³-hybridized carbons (Fsp3) is 0.818. The molecule has 8 heteroatoms. The summed E-state index contributed by atoms with van der Waals surface area (Å²) in [4.78, 5) is 25.5. The monoisotopic (exact) mass is 731 g/mol. The molecule has 302 valence electrons. The van der Waals surface area contributed by atoms with Gasteiger partial charge in [0.05, 0.1) is 11.1 Å². The number of ether oxygens (including phenoxy) is 2. The lowest BCUT2D eigenvalue weighted by atomic mass is 9.87. The van der Waals surface area contributed by atoms with Gasteiger partial charge in [-0.1, -0.05) is 154 Å². The molecule has 0 fully saturated rings. The van der Waals surface area contributed by atoms with Crippen molar-refractivity contribution in [3.05, 3.63) is 35.4 Å². The van der Waals surface area contributed by atoms with Crippen LogP contribution < -0.4 is 21.3 Å². The van der Waals surface area contributed by atoms with Gasteiger partial charge in [0.15, 0.2) is 0 Å². The Morgan fingerprint density at radius 2 is 0.788 bits per heavy atom. The maximum atomic E-state index is 12.7. The van der Waals surface area contributed by atoms with Crippen molar-refractivity contribution in [1.29, 1.82) is 0 Å². The predicted molar refractivity (Wildman–Crippen MR) is 220 cm³/mol. The molecule has 4 N–H and O–H groups in total. The predicted octanol–water partition coefficient (Wildman–Crippen LogP) is 11.4. The number of hydrogen-bond donors (Lipinski definition) is 4. The second-order valence-electron chi connectivity index (χ2n) is 15.9. The molecule has 0 aliphatic carbocycles. The van der Waals surface area contributed by atoms with E-state index >= 15 is 0 Å². The van der Waals surface area contributed by atoms with E-state index in [0.29, 0.717) is 26.3 Å². The van der Waals surface area contributed by atoms with Gasteiger partial charge in [-0.15, -0.1) is 0 Å². The molecule has 0 saturated heterocycles. The molecule has 0 atom stereocenters. The van der Waals surface area contributed by atoms with E-state index in [0.717, 1.165) is 50.0 Å². The number of nitrogens with one attached hydrogen (secondary N) is 4. The van der Waals surface area contributed by atoms with Crippen molar-refractivity contribution in [1.82, 2.24) is 21.3 Å². The van der Waals surface area contributed by atoms with Crippen molar-refractivity contribution in [3.63, 3.8) is 0 Å². The van der Waals surface area contributed by atoms with Crippen LogP contribution in [0.2, 0.25) is 0 Å². The van der Waals surface area contributed by atoms with Gasteiger partial charge in [-0.3, -0.25) is 0 Å². The van der Waals surface area contributed by atoms with Crippen LogP contribution >= 0.6 is 0 Å². The van der Waals surface area contributed by atoms with Crippen molar-refractivity contribution in [2.75, 3.05) is 39.5 Å². The van der Waals surface area contributed by atoms with Gasteiger partial charge in [-0.05, 0) is 64.5 Å². The second kappa shape index (κ2) is 31.1. The van der Waals surface area contributed by atoms with E-state index in [1.54, 1.807) is 0 Å². The second-order valence-corrected chi connectivity index (χ2v) is 15.9. The highest BCUT2D eigenvalue weighted by Crippen LogP contribution is 2.26. The lowest BCUT2D eigenvalue weighted by Gasteiger charge is -2.31. The quantitative estimate of drug-likeness (QED) is 0.0530. The molecule has 8 nitrogen and oxygen atoms in total. The Morgan fingerprint density at radius 1 is 0.481 bits per heavy atom. The van der Waals surface area contributed by atoms with E-state index in [1.165, 1.54) is 116 Å². The van der Waals surface area contributed by atoms with Gasteiger partial charge in [0, 0.05) is 39.5 Å². The fourth-order valence-corrected chi connectivity index (χ4v) is 6.44. The SMILES string of the molecule is CCCCCCCCCCCCOCCCNC(=O)NC(C)(C)c1cccc(C(C)(C)NC(=O)NCCCOCCCCCCCCCCCC)c1. The van der Waals surface area contributed by atoms with Crippen LogP contribution in [0.4, 0.5) is 9.59 Å². The minimum atomic E-state index is -0.599. The van der Waals surface area contributed by atoms with E-state index in [-0.39, 0.29) is 12.1 Å². The third-order valence-electron chi connectivity index (χ3n) is 9.94. The van der Waals surface area contributed by atoms with Crippen LogP contribution in [0.5, 0.6) is 0 Å². The van der Waals surface area contributed by atoms with E-state index in [4.69, 9.17) is 9.47 Å². The Morgan fingerprint density at radius 3 is 1.13 bits per heavy atom. The van der Waals surface area contributed by atoms with Crippen molar-refractivity contribution in [2.24, 2.45) is 0 Å². The zero-order chi connectivity index (χ0) is 38.2. The molecule has 0 aliphatic rings. The topological polar surface area (TPSA) is 101 Å². The number of unbranched alkanes of at least 4 members (excludes halogenated alkanes) is 18. The number of carbonyl (C=O) groups is 2. The summed E-state index contributed by atoms with van der Waals surface area (Å²) in [6.07, 6.45) is 28.0. The lowest BCUT2D eigenvalue weighted by molar-refractivity contribution is 0.127. The highest BCUT2D eigenvalue weighted by Gasteiger charge is 2.27. The zero-order valence-corrected chi connectivity index (χ0v) is 34.7. The van der Waals surface area contributed by atoms with Crippen LogP contribution in [0.25, 0.3) is 0 Å². The van der Waals surface area contributed by atoms with Crippen molar-refractivity contribution < 1.29 is 19.1 Å². The largest absolute Gasteiger partial charge is 0.381 e. The normalized spacial score (nSPS) is 11.8. The standard InChI is InChI=1S/C44H82N4O4/c1-7-9-11-13-15-17-19-21-23-25-34-51-36-28-32-45-41(49)47-43(3,4)39-30-27-31-40(38-39)44(5,6)48-42(50)46-33-29-37-52-35-26-24-22-20-18-16-14-12-10-8-2/h27,30-31,38H,7-26,28-29,32-37H2,1-6H3,(H2,45,47,49)(H2,46,48,50). The van der Waals surface area contributed by atoms with Crippen LogP contribution in [0.3, 0.4) is 0 Å². The van der Waals surface area contributed by atoms with Gasteiger partial charge in [0.2, 0.25) is 0 Å². The maximum absolute atomic E-state index is 12.7. The minimum absolute atomic E-state index is 0.200. The summed E-state index contributed by atoms with van der Waals surface area (Å²) in [5.41, 5.74) is 0.737. The van der Waals surface area contributed by atoms with E-state index in [2.05, 4.69) is 41.2 Å². The number of amides is 4. The number of urea groups is 2. The number of rotatable bonds is 34. The summed E-state index contributed by atoms with van der Waals surface area (Å²) in [5, 5.41) is 12.2. The molecule has 0 unspecified atom stereocenters. The summed E-state index contributed by atoms with van der Waals surface area (Å²) in [5.74, 6) is 0. The van der Waals surface area contributed by atoms with Crippen molar-refractivity contribution in [3.8, 4) is 0 Å². The van der Waals surface area contributed by atoms with Crippen LogP contribution in [0.15, 0.2) is 24.3 Å². The molecule has 0 radical (unpaired) electrons. The Hall–Kier alpha value is -2.32. The Kier molecular flexibility index (Phi) is 28.5. The van der Waals surface area contributed by atoms with E-state index in [9.17, 15) is 9.59 Å². The van der Waals surface area contributed by atoms with Gasteiger partial charge in [-0.2, -0.15) is 0 Å². The molecular formula is C44H82N4O4. The zero-order valence-electron chi connectivity index (χ0n) is 34.7. The summed E-state index contributed by atoms with van der Waals surface area (Å²) >= 11 is 0. The Labute approximate surface area is 320 Å². The summed E-state index contributed by atoms with van der Waals surface area (Å²) in [7, 11) is 0. The first kappa shape index (κ1) is 47.7. The molecule has 0 saturated carbocycles. The average molecular weight is 731 g/mol. The lowest BCUT2D eigenvalue weighted by Crippen LogP contribution is -2.48. The van der Waals surface area contributed by atoms with E-state index in [1.807, 2.05) is 45.9 Å². The molecule has 1 aromatic rings. The fourth-order valence-electron chi connectivity index (χ4n) is 6.44.